The first kappa shape index (κ1) is 13.9. The Morgan fingerprint density at radius 1 is 1.29 bits per heavy atom. The second kappa shape index (κ2) is 6.11. The molecule has 6 heteroatoms. The number of rotatable bonds is 4. The van der Waals surface area contributed by atoms with Crippen LogP contribution in [0.5, 0.6) is 5.75 Å². The van der Waals surface area contributed by atoms with E-state index in [1.54, 1.807) is 24.5 Å². The molecule has 3 rings (SSSR count). The first-order chi connectivity index (χ1) is 10.3. The van der Waals surface area contributed by atoms with Crippen LogP contribution < -0.4 is 4.74 Å². The highest BCUT2D eigenvalue weighted by Gasteiger charge is 2.11. The number of ether oxygens (including phenoxy) is 1. The summed E-state index contributed by atoms with van der Waals surface area (Å²) in [7, 11) is 1.63. The minimum atomic E-state index is 0.300. The Morgan fingerprint density at radius 3 is 2.76 bits per heavy atom. The highest BCUT2D eigenvalue weighted by molar-refractivity contribution is 7.08. The second-order valence-corrected chi connectivity index (χ2v) is 5.39. The van der Waals surface area contributed by atoms with E-state index in [1.165, 1.54) is 0 Å². The van der Waals surface area contributed by atoms with Crippen molar-refractivity contribution in [2.24, 2.45) is 0 Å². The van der Waals surface area contributed by atoms with Crippen LogP contribution in [0.1, 0.15) is 11.5 Å². The maximum absolute atomic E-state index is 6.23. The molecule has 1 aromatic carbocycles. The molecular formula is C15H11ClN2O2S. The van der Waals surface area contributed by atoms with Crippen molar-refractivity contribution in [3.8, 4) is 17.1 Å². The number of nitrogens with zero attached hydrogens (tertiary/aromatic N) is 2. The third-order valence-electron chi connectivity index (χ3n) is 2.82. The topological polar surface area (TPSA) is 48.2 Å². The second-order valence-electron chi connectivity index (χ2n) is 4.20. The largest absolute Gasteiger partial charge is 0.497 e. The zero-order valence-electron chi connectivity index (χ0n) is 11.1. The maximum Gasteiger partial charge on any atom is 0.269 e. The van der Waals surface area contributed by atoms with Crippen LogP contribution in [-0.4, -0.2) is 17.3 Å². The molecule has 2 heterocycles. The third-order valence-corrected chi connectivity index (χ3v) is 3.77. The van der Waals surface area contributed by atoms with Gasteiger partial charge in [-0.1, -0.05) is 28.9 Å². The fourth-order valence-corrected chi connectivity index (χ4v) is 2.57. The van der Waals surface area contributed by atoms with Crippen molar-refractivity contribution in [2.75, 3.05) is 7.11 Å². The zero-order chi connectivity index (χ0) is 14.7. The van der Waals surface area contributed by atoms with Crippen LogP contribution >= 0.6 is 22.9 Å². The van der Waals surface area contributed by atoms with E-state index in [1.807, 2.05) is 41.1 Å². The van der Waals surface area contributed by atoms with Crippen LogP contribution in [0.4, 0.5) is 0 Å². The van der Waals surface area contributed by atoms with E-state index in [0.717, 1.165) is 16.9 Å². The van der Waals surface area contributed by atoms with Gasteiger partial charge in [0.1, 0.15) is 10.8 Å². The molecule has 0 aliphatic carbocycles. The molecule has 3 aromatic rings. The molecule has 0 amide bonds. The van der Waals surface area contributed by atoms with Gasteiger partial charge in [-0.25, -0.2) is 0 Å². The number of aromatic nitrogens is 2. The van der Waals surface area contributed by atoms with E-state index in [0.29, 0.717) is 16.7 Å². The van der Waals surface area contributed by atoms with Crippen molar-refractivity contribution in [2.45, 2.75) is 0 Å². The minimum Gasteiger partial charge on any atom is -0.497 e. The van der Waals surface area contributed by atoms with Crippen LogP contribution in [0.2, 0.25) is 0 Å². The maximum atomic E-state index is 6.23. The van der Waals surface area contributed by atoms with Gasteiger partial charge in [0.05, 0.1) is 7.11 Å². The number of halogens is 1. The molecule has 4 nitrogen and oxygen atoms in total. The Bertz CT molecular complexity index is 748. The number of hydrogen-bond donors (Lipinski definition) is 0. The summed E-state index contributed by atoms with van der Waals surface area (Å²) in [6, 6.07) is 9.45. The van der Waals surface area contributed by atoms with E-state index in [4.69, 9.17) is 20.9 Å². The monoisotopic (exact) mass is 318 g/mol. The molecule has 106 valence electrons. The minimum absolute atomic E-state index is 0.300. The first-order valence-corrected chi connectivity index (χ1v) is 7.46. The molecule has 0 unspecified atom stereocenters. The fourth-order valence-electron chi connectivity index (χ4n) is 1.74. The molecule has 0 saturated carbocycles. The van der Waals surface area contributed by atoms with Gasteiger partial charge in [0.25, 0.3) is 5.89 Å². The summed E-state index contributed by atoms with van der Waals surface area (Å²) in [5.74, 6) is 1.63. The van der Waals surface area contributed by atoms with Crippen LogP contribution in [0, 0.1) is 0 Å². The Kier molecular flexibility index (Phi) is 4.03. The number of benzene rings is 1. The molecule has 0 saturated heterocycles. The van der Waals surface area contributed by atoms with Crippen molar-refractivity contribution < 1.29 is 9.26 Å². The summed E-state index contributed by atoms with van der Waals surface area (Å²) < 4.78 is 10.3. The highest BCUT2D eigenvalue weighted by atomic mass is 35.5. The Labute approximate surface area is 130 Å². The van der Waals surface area contributed by atoms with E-state index in [-0.39, 0.29) is 0 Å². The lowest BCUT2D eigenvalue weighted by Crippen LogP contribution is -1.82. The van der Waals surface area contributed by atoms with Gasteiger partial charge in [0.15, 0.2) is 0 Å². The van der Waals surface area contributed by atoms with Crippen molar-refractivity contribution >= 4 is 34.0 Å². The lowest BCUT2D eigenvalue weighted by Gasteiger charge is -1.99. The molecule has 21 heavy (non-hydrogen) atoms. The predicted molar refractivity (Wildman–Crippen MR) is 84.3 cm³/mol. The predicted octanol–water partition coefficient (Wildman–Crippen LogP) is 4.54. The van der Waals surface area contributed by atoms with Crippen molar-refractivity contribution in [1.29, 1.82) is 0 Å². The standard InChI is InChI=1S/C15H11ClN2O2S/c1-19-12-4-2-10(3-5-12)8-13(16)15-17-14(18-20-15)11-6-7-21-9-11/h2-9H,1H3/b13-8-. The zero-order valence-corrected chi connectivity index (χ0v) is 12.7. The average Bonchev–Trinajstić information content (AvgIpc) is 3.19. The Balaban J connectivity index is 1.84. The molecule has 0 aliphatic heterocycles. The summed E-state index contributed by atoms with van der Waals surface area (Å²) >= 11 is 7.80. The van der Waals surface area contributed by atoms with E-state index in [2.05, 4.69) is 10.1 Å². The molecule has 0 fully saturated rings. The normalized spacial score (nSPS) is 11.6. The lowest BCUT2D eigenvalue weighted by atomic mass is 10.2. The third kappa shape index (κ3) is 3.15. The van der Waals surface area contributed by atoms with Gasteiger partial charge in [-0.15, -0.1) is 0 Å². The Morgan fingerprint density at radius 2 is 2.10 bits per heavy atom. The van der Waals surface area contributed by atoms with Crippen molar-refractivity contribution in [1.82, 2.24) is 10.1 Å². The van der Waals surface area contributed by atoms with Gasteiger partial charge in [-0.3, -0.25) is 0 Å². The Hall–Kier alpha value is -2.11. The fraction of sp³-hybridized carbons (Fsp3) is 0.0667. The molecule has 0 N–H and O–H groups in total. The first-order valence-electron chi connectivity index (χ1n) is 6.14. The van der Waals surface area contributed by atoms with Gasteiger partial charge < -0.3 is 9.26 Å². The molecule has 2 aromatic heterocycles. The van der Waals surface area contributed by atoms with E-state index in [9.17, 15) is 0 Å². The van der Waals surface area contributed by atoms with Gasteiger partial charge in [0.2, 0.25) is 5.82 Å². The summed E-state index contributed by atoms with van der Waals surface area (Å²) in [5, 5.41) is 8.23. The van der Waals surface area contributed by atoms with Gasteiger partial charge >= 0.3 is 0 Å². The van der Waals surface area contributed by atoms with Gasteiger partial charge in [-0.2, -0.15) is 16.3 Å². The van der Waals surface area contributed by atoms with Crippen LogP contribution in [-0.2, 0) is 0 Å². The van der Waals surface area contributed by atoms with Crippen LogP contribution in [0.3, 0.4) is 0 Å². The van der Waals surface area contributed by atoms with Gasteiger partial charge in [0, 0.05) is 10.9 Å². The highest BCUT2D eigenvalue weighted by Crippen LogP contribution is 2.25. The summed E-state index contributed by atoms with van der Waals surface area (Å²) in [6.07, 6.45) is 1.77. The number of hydrogen-bond acceptors (Lipinski definition) is 5. The molecular weight excluding hydrogens is 308 g/mol. The number of methoxy groups -OCH3 is 1. The quantitative estimate of drug-likeness (QED) is 0.708. The molecule has 0 radical (unpaired) electrons. The number of thiophene rings is 1. The smallest absolute Gasteiger partial charge is 0.269 e. The molecule has 0 aliphatic rings. The van der Waals surface area contributed by atoms with Crippen molar-refractivity contribution in [3.63, 3.8) is 0 Å². The van der Waals surface area contributed by atoms with Crippen LogP contribution in [0.25, 0.3) is 22.5 Å². The van der Waals surface area contributed by atoms with E-state index < -0.39 is 0 Å². The van der Waals surface area contributed by atoms with Gasteiger partial charge in [-0.05, 0) is 35.2 Å². The summed E-state index contributed by atoms with van der Waals surface area (Å²) in [5.41, 5.74) is 1.85. The lowest BCUT2D eigenvalue weighted by molar-refractivity contribution is 0.410. The van der Waals surface area contributed by atoms with E-state index >= 15 is 0 Å². The average molecular weight is 319 g/mol. The molecule has 0 bridgehead atoms. The molecule has 0 spiro atoms. The van der Waals surface area contributed by atoms with Crippen LogP contribution in [0.15, 0.2) is 45.6 Å². The molecule has 0 atom stereocenters. The van der Waals surface area contributed by atoms with Crippen molar-refractivity contribution in [3.05, 3.63) is 52.5 Å². The summed E-state index contributed by atoms with van der Waals surface area (Å²) in [6.45, 7) is 0. The summed E-state index contributed by atoms with van der Waals surface area (Å²) in [4.78, 5) is 4.29. The SMILES string of the molecule is COc1ccc(/C=C(\Cl)c2nc(-c3ccsc3)no2)cc1.